The van der Waals surface area contributed by atoms with Crippen LogP contribution in [-0.2, 0) is 11.8 Å². The fourth-order valence-electron chi connectivity index (χ4n) is 1.36. The standard InChI is InChI=1S/C12H18/c1-5-10-8-6-7-9-11(10)12(2,3)4/h6-9H,5H2,1-4H3/i5D2. The second-order valence-electron chi connectivity index (χ2n) is 4.05. The van der Waals surface area contributed by atoms with Crippen LogP contribution in [-0.4, -0.2) is 0 Å². The van der Waals surface area contributed by atoms with Gasteiger partial charge in [-0.15, -0.1) is 0 Å². The van der Waals surface area contributed by atoms with Crippen molar-refractivity contribution in [1.82, 2.24) is 0 Å². The van der Waals surface area contributed by atoms with E-state index in [2.05, 4.69) is 20.8 Å². The van der Waals surface area contributed by atoms with Crippen LogP contribution < -0.4 is 0 Å². The molecule has 0 N–H and O–H groups in total. The Labute approximate surface area is 78.4 Å². The van der Waals surface area contributed by atoms with Crippen LogP contribution in [0, 0.1) is 0 Å². The van der Waals surface area contributed by atoms with Crippen LogP contribution in [0.4, 0.5) is 0 Å². The van der Waals surface area contributed by atoms with E-state index in [-0.39, 0.29) is 5.41 Å². The highest BCUT2D eigenvalue weighted by molar-refractivity contribution is 5.32. The molecule has 0 aromatic heterocycles. The van der Waals surface area contributed by atoms with Gasteiger partial charge >= 0.3 is 0 Å². The Morgan fingerprint density at radius 3 is 2.25 bits per heavy atom. The zero-order valence-corrected chi connectivity index (χ0v) is 8.31. The molecule has 0 unspecified atom stereocenters. The van der Waals surface area contributed by atoms with Crippen molar-refractivity contribution in [2.75, 3.05) is 0 Å². The lowest BCUT2D eigenvalue weighted by Gasteiger charge is -2.22. The molecule has 0 heterocycles. The molecule has 0 saturated heterocycles. The van der Waals surface area contributed by atoms with Crippen molar-refractivity contribution in [2.45, 2.75) is 39.5 Å². The smallest absolute Gasteiger partial charge is 0.0313 e. The van der Waals surface area contributed by atoms with E-state index in [4.69, 9.17) is 2.74 Å². The molecule has 0 nitrogen and oxygen atoms in total. The highest BCUT2D eigenvalue weighted by Crippen LogP contribution is 2.25. The van der Waals surface area contributed by atoms with Gasteiger partial charge < -0.3 is 0 Å². The highest BCUT2D eigenvalue weighted by atomic mass is 14.2. The average molecular weight is 164 g/mol. The van der Waals surface area contributed by atoms with E-state index in [9.17, 15) is 0 Å². The maximum atomic E-state index is 7.76. The summed E-state index contributed by atoms with van der Waals surface area (Å²) >= 11 is 0. The Morgan fingerprint density at radius 1 is 1.25 bits per heavy atom. The summed E-state index contributed by atoms with van der Waals surface area (Å²) in [6.45, 7) is 7.93. The van der Waals surface area contributed by atoms with Crippen LogP contribution in [0.1, 0.15) is 41.6 Å². The summed E-state index contributed by atoms with van der Waals surface area (Å²) in [6.07, 6.45) is -1.26. The SMILES string of the molecule is [2H]C([2H])(C)c1ccccc1C(C)(C)C. The van der Waals surface area contributed by atoms with E-state index in [0.29, 0.717) is 0 Å². The lowest BCUT2D eigenvalue weighted by atomic mass is 9.83. The molecule has 0 aliphatic rings. The molecule has 0 saturated carbocycles. The molecule has 0 heteroatoms. The van der Waals surface area contributed by atoms with Crippen LogP contribution in [0.15, 0.2) is 24.3 Å². The number of aryl methyl sites for hydroxylation is 1. The Hall–Kier alpha value is -0.780. The van der Waals surface area contributed by atoms with Crippen molar-refractivity contribution in [1.29, 1.82) is 0 Å². The third kappa shape index (κ3) is 1.88. The summed E-state index contributed by atoms with van der Waals surface area (Å²) in [4.78, 5) is 0. The van der Waals surface area contributed by atoms with Crippen LogP contribution in [0.5, 0.6) is 0 Å². The predicted octanol–water partition coefficient (Wildman–Crippen LogP) is 3.55. The Balaban J connectivity index is 3.31. The number of hydrogen-bond acceptors (Lipinski definition) is 0. The van der Waals surface area contributed by atoms with Gasteiger partial charge in [0.1, 0.15) is 0 Å². The monoisotopic (exact) mass is 164 g/mol. The van der Waals surface area contributed by atoms with Gasteiger partial charge in [0.15, 0.2) is 0 Å². The molecule has 1 rings (SSSR count). The van der Waals surface area contributed by atoms with Gasteiger partial charge in [-0.3, -0.25) is 0 Å². The van der Waals surface area contributed by atoms with E-state index >= 15 is 0 Å². The van der Waals surface area contributed by atoms with Crippen LogP contribution in [0.3, 0.4) is 0 Å². The van der Waals surface area contributed by atoms with Crippen molar-refractivity contribution in [2.24, 2.45) is 0 Å². The molecular formula is C12H18. The van der Waals surface area contributed by atoms with Crippen molar-refractivity contribution < 1.29 is 2.74 Å². The van der Waals surface area contributed by atoms with Crippen LogP contribution in [0.2, 0.25) is 0 Å². The Morgan fingerprint density at radius 2 is 1.83 bits per heavy atom. The molecule has 0 aliphatic carbocycles. The molecule has 1 aromatic carbocycles. The lowest BCUT2D eigenvalue weighted by molar-refractivity contribution is 0.583. The van der Waals surface area contributed by atoms with E-state index in [0.717, 1.165) is 11.1 Å². The molecule has 66 valence electrons. The normalized spacial score (nSPS) is 15.3. The summed E-state index contributed by atoms with van der Waals surface area (Å²) in [5.74, 6) is 0. The minimum absolute atomic E-state index is 0.0000463. The molecule has 0 fully saturated rings. The minimum atomic E-state index is -1.26. The third-order valence-electron chi connectivity index (χ3n) is 2.00. The van der Waals surface area contributed by atoms with E-state index in [1.165, 1.54) is 0 Å². The van der Waals surface area contributed by atoms with Crippen molar-refractivity contribution in [3.63, 3.8) is 0 Å². The summed E-state index contributed by atoms with van der Waals surface area (Å²) < 4.78 is 15.5. The van der Waals surface area contributed by atoms with E-state index < -0.39 is 6.37 Å². The first-order valence-electron chi connectivity index (χ1n) is 5.33. The average Bonchev–Trinajstić information content (AvgIpc) is 2.01. The van der Waals surface area contributed by atoms with Crippen molar-refractivity contribution in [3.05, 3.63) is 35.4 Å². The van der Waals surface area contributed by atoms with E-state index in [1.807, 2.05) is 24.3 Å². The number of benzene rings is 1. The molecule has 0 spiro atoms. The first kappa shape index (κ1) is 6.71. The van der Waals surface area contributed by atoms with E-state index in [1.54, 1.807) is 6.92 Å². The molecular weight excluding hydrogens is 144 g/mol. The second kappa shape index (κ2) is 3.30. The van der Waals surface area contributed by atoms with Gasteiger partial charge in [-0.1, -0.05) is 52.0 Å². The topological polar surface area (TPSA) is 0 Å². The molecule has 0 radical (unpaired) electrons. The van der Waals surface area contributed by atoms with Gasteiger partial charge in [-0.2, -0.15) is 0 Å². The van der Waals surface area contributed by atoms with Gasteiger partial charge in [-0.05, 0) is 22.9 Å². The van der Waals surface area contributed by atoms with Crippen molar-refractivity contribution >= 4 is 0 Å². The third-order valence-corrected chi connectivity index (χ3v) is 2.00. The summed E-state index contributed by atoms with van der Waals surface area (Å²) in [5, 5.41) is 0. The molecule has 1 aromatic rings. The quantitative estimate of drug-likeness (QED) is 0.595. The Bertz CT molecular complexity index is 283. The van der Waals surface area contributed by atoms with Gasteiger partial charge in [0, 0.05) is 2.74 Å². The van der Waals surface area contributed by atoms with Gasteiger partial charge in [0.25, 0.3) is 0 Å². The predicted molar refractivity (Wildman–Crippen MR) is 54.5 cm³/mol. The first-order valence-corrected chi connectivity index (χ1v) is 4.33. The highest BCUT2D eigenvalue weighted by Gasteiger charge is 2.15. The number of rotatable bonds is 1. The van der Waals surface area contributed by atoms with Crippen LogP contribution in [0.25, 0.3) is 0 Å². The summed E-state index contributed by atoms with van der Waals surface area (Å²) in [5.41, 5.74) is 1.89. The molecule has 0 bridgehead atoms. The Kier molecular flexibility index (Phi) is 1.85. The molecule has 0 atom stereocenters. The zero-order valence-electron chi connectivity index (χ0n) is 10.3. The molecule has 12 heavy (non-hydrogen) atoms. The minimum Gasteiger partial charge on any atom is -0.0620 e. The van der Waals surface area contributed by atoms with Crippen molar-refractivity contribution in [3.8, 4) is 0 Å². The maximum Gasteiger partial charge on any atom is 0.0313 e. The maximum absolute atomic E-state index is 7.76. The lowest BCUT2D eigenvalue weighted by Crippen LogP contribution is -2.13. The summed E-state index contributed by atoms with van der Waals surface area (Å²) in [6, 6.07) is 7.75. The first-order chi connectivity index (χ1) is 6.23. The fourth-order valence-corrected chi connectivity index (χ4v) is 1.36. The fraction of sp³-hybridized carbons (Fsp3) is 0.500. The largest absolute Gasteiger partial charge is 0.0620 e. The molecule has 0 aliphatic heterocycles. The van der Waals surface area contributed by atoms with Gasteiger partial charge in [-0.25, -0.2) is 0 Å². The second-order valence-corrected chi connectivity index (χ2v) is 4.05. The number of hydrogen-bond donors (Lipinski definition) is 0. The zero-order chi connectivity index (χ0) is 11.0. The van der Waals surface area contributed by atoms with Gasteiger partial charge in [0.2, 0.25) is 0 Å². The summed E-state index contributed by atoms with van der Waals surface area (Å²) in [7, 11) is 0. The van der Waals surface area contributed by atoms with Gasteiger partial charge in [0.05, 0.1) is 0 Å². The molecule has 0 amide bonds. The van der Waals surface area contributed by atoms with Crippen LogP contribution >= 0.6 is 0 Å².